The Morgan fingerprint density at radius 2 is 1.56 bits per heavy atom. The van der Waals surface area contributed by atoms with E-state index in [4.69, 9.17) is 42.2 Å². The summed E-state index contributed by atoms with van der Waals surface area (Å²) in [4.78, 5) is 54.5. The van der Waals surface area contributed by atoms with E-state index in [-0.39, 0.29) is 47.2 Å². The number of non-ortho nitro benzene ring substituents is 1. The van der Waals surface area contributed by atoms with E-state index < -0.39 is 84.8 Å². The van der Waals surface area contributed by atoms with Crippen LogP contribution in [0.4, 0.5) is 26.8 Å². The van der Waals surface area contributed by atoms with Gasteiger partial charge in [0.2, 0.25) is 0 Å². The van der Waals surface area contributed by atoms with Crippen LogP contribution in [0.25, 0.3) is 21.9 Å². The van der Waals surface area contributed by atoms with Gasteiger partial charge in [-0.25, -0.2) is 37.6 Å². The molecule has 0 N–H and O–H groups in total. The molecule has 4 heterocycles. The maximum absolute atomic E-state index is 13.8. The molecule has 0 bridgehead atoms. The van der Waals surface area contributed by atoms with E-state index in [0.29, 0.717) is 56.5 Å². The SMILES string of the molecule is CCN(CC)P(OCCc1ccc(C#N)cc1)O[C@H]1[C@@H](OC2(OC)CCOCC2)[C@H](n2cnc3c(N(C)C(=O)OCCc4ccc([N+](=O)[O-])cc4)ncnc32)O[C@@H]1COC(=O)OCCS(=O)(=O)c1cccc2c(N(C)C)cccc12. The van der Waals surface area contributed by atoms with E-state index in [0.717, 1.165) is 22.2 Å². The summed E-state index contributed by atoms with van der Waals surface area (Å²) in [6, 6.07) is 25.8. The van der Waals surface area contributed by atoms with Crippen LogP contribution in [0.3, 0.4) is 0 Å². The molecule has 0 radical (unpaired) electrons. The number of nitro groups is 1. The maximum atomic E-state index is 13.8. The third-order valence-electron chi connectivity index (χ3n) is 13.7. The molecule has 8 rings (SSSR count). The molecule has 2 aliphatic rings. The summed E-state index contributed by atoms with van der Waals surface area (Å²) >= 11 is 0. The standard InChI is InChI=1S/C54H64N9O15PS/c1-7-61(8-2)79(75-28-24-37-15-17-39(33-55)18-16-37)78-47-44(34-74-53(65)73-31-32-80(68,69)45-14-10-11-41-42(45)12-9-13-43(41)59(3)4)76-51(48(47)77-54(70-6)25-29-71-30-26-54)62-36-58-46-49(56-35-57-50(46)62)60(5)52(64)72-27-23-38-19-21-40(22-20-38)63(66)67/h9-22,35-36,44,47-48,51H,7-8,23-32,34H2,1-6H3/t44-,47-,48-,51-,79?/m1/s1. The molecule has 426 valence electrons. The zero-order chi connectivity index (χ0) is 57.0. The van der Waals surface area contributed by atoms with Crippen LogP contribution in [-0.4, -0.2) is 161 Å². The number of aromatic nitrogens is 4. The van der Waals surface area contributed by atoms with Crippen LogP contribution in [0.2, 0.25) is 0 Å². The van der Waals surface area contributed by atoms with Crippen molar-refractivity contribution < 1.29 is 65.1 Å². The predicted molar refractivity (Wildman–Crippen MR) is 294 cm³/mol. The van der Waals surface area contributed by atoms with E-state index in [1.54, 1.807) is 47.0 Å². The fraction of sp³-hybridized carbons (Fsp3) is 0.444. The van der Waals surface area contributed by atoms with E-state index in [1.165, 1.54) is 49.9 Å². The third kappa shape index (κ3) is 13.9. The molecule has 0 aliphatic carbocycles. The number of nitrogens with zero attached hydrogens (tertiary/aromatic N) is 9. The van der Waals surface area contributed by atoms with Crippen molar-refractivity contribution in [2.24, 2.45) is 0 Å². The molecule has 0 saturated carbocycles. The van der Waals surface area contributed by atoms with Crippen LogP contribution in [0, 0.1) is 21.4 Å². The van der Waals surface area contributed by atoms with Crippen molar-refractivity contribution >= 4 is 69.7 Å². The number of anilines is 2. The number of rotatable bonds is 25. The maximum Gasteiger partial charge on any atom is 0.508 e. The lowest BCUT2D eigenvalue weighted by molar-refractivity contribution is -0.384. The Balaban J connectivity index is 1.07. The van der Waals surface area contributed by atoms with Crippen LogP contribution < -0.4 is 9.80 Å². The minimum Gasteiger partial charge on any atom is -0.449 e. The Morgan fingerprint density at radius 3 is 2.24 bits per heavy atom. The number of nitriles is 1. The highest BCUT2D eigenvalue weighted by atomic mass is 32.2. The van der Waals surface area contributed by atoms with Crippen LogP contribution in [0.5, 0.6) is 0 Å². The van der Waals surface area contributed by atoms with Gasteiger partial charge in [-0.15, -0.1) is 0 Å². The number of carbonyl (C=O) groups excluding carboxylic acids is 2. The number of hydrogen-bond donors (Lipinski definition) is 0. The molecule has 24 nitrogen and oxygen atoms in total. The number of nitro benzene ring substituents is 1. The molecular formula is C54H64N9O15PS. The summed E-state index contributed by atoms with van der Waals surface area (Å²) in [5, 5.41) is 21.8. The second kappa shape index (κ2) is 27.0. The van der Waals surface area contributed by atoms with E-state index in [2.05, 4.69) is 21.0 Å². The Hall–Kier alpha value is -6.98. The molecule has 0 spiro atoms. The number of amides is 1. The summed E-state index contributed by atoms with van der Waals surface area (Å²) in [5.74, 6) is -1.65. The van der Waals surface area contributed by atoms with Gasteiger partial charge in [0.25, 0.3) is 14.2 Å². The van der Waals surface area contributed by atoms with E-state index >= 15 is 0 Å². The number of sulfone groups is 1. The second-order valence-corrected chi connectivity index (χ2v) is 22.4. The summed E-state index contributed by atoms with van der Waals surface area (Å²) < 4.78 is 87.5. The molecule has 2 fully saturated rings. The number of carbonyl (C=O) groups is 2. The zero-order valence-corrected chi connectivity index (χ0v) is 47.0. The van der Waals surface area contributed by atoms with Crippen molar-refractivity contribution in [3.05, 3.63) is 124 Å². The zero-order valence-electron chi connectivity index (χ0n) is 45.2. The van der Waals surface area contributed by atoms with Crippen molar-refractivity contribution in [3.63, 3.8) is 0 Å². The monoisotopic (exact) mass is 1140 g/mol. The minimum absolute atomic E-state index is 0.0410. The molecule has 26 heteroatoms. The molecule has 5 atom stereocenters. The molecule has 4 aromatic carbocycles. The van der Waals surface area contributed by atoms with Crippen molar-refractivity contribution in [2.45, 2.75) is 74.8 Å². The predicted octanol–water partition coefficient (Wildman–Crippen LogP) is 7.92. The molecule has 6 aromatic rings. The first-order chi connectivity index (χ1) is 38.6. The Kier molecular flexibility index (Phi) is 20.0. The van der Waals surface area contributed by atoms with Crippen LogP contribution in [0.15, 0.2) is 102 Å². The molecule has 1 unspecified atom stereocenters. The number of benzene rings is 4. The Bertz CT molecular complexity index is 3250. The highest BCUT2D eigenvalue weighted by Crippen LogP contribution is 2.50. The van der Waals surface area contributed by atoms with Crippen LogP contribution >= 0.6 is 8.53 Å². The fourth-order valence-electron chi connectivity index (χ4n) is 9.30. The van der Waals surface area contributed by atoms with Gasteiger partial charge in [0.1, 0.15) is 37.9 Å². The Morgan fingerprint density at radius 1 is 0.875 bits per heavy atom. The van der Waals surface area contributed by atoms with Gasteiger partial charge < -0.3 is 47.1 Å². The first-order valence-electron chi connectivity index (χ1n) is 25.9. The number of ether oxygens (including phenoxy) is 7. The average Bonchev–Trinajstić information content (AvgIpc) is 4.15. The first-order valence-corrected chi connectivity index (χ1v) is 28.7. The molecule has 1 amide bonds. The smallest absolute Gasteiger partial charge is 0.449 e. The lowest BCUT2D eigenvalue weighted by Crippen LogP contribution is -2.49. The summed E-state index contributed by atoms with van der Waals surface area (Å²) in [5.41, 5.74) is 3.38. The summed E-state index contributed by atoms with van der Waals surface area (Å²) in [6.45, 7) is 4.79. The summed E-state index contributed by atoms with van der Waals surface area (Å²) in [7, 11) is 0.882. The van der Waals surface area contributed by atoms with Gasteiger partial charge in [0, 0.05) is 89.2 Å². The van der Waals surface area contributed by atoms with Crippen molar-refractivity contribution in [3.8, 4) is 6.07 Å². The second-order valence-electron chi connectivity index (χ2n) is 18.8. The number of hydrogen-bond acceptors (Lipinski definition) is 21. The normalized spacial score (nSPS) is 18.4. The molecular weight excluding hydrogens is 1080 g/mol. The lowest BCUT2D eigenvalue weighted by atomic mass is 10.1. The molecule has 2 saturated heterocycles. The van der Waals surface area contributed by atoms with Crippen LogP contribution in [-0.2, 0) is 64.9 Å². The first kappa shape index (κ1) is 59.1. The average molecular weight is 1140 g/mol. The van der Waals surface area contributed by atoms with Gasteiger partial charge in [-0.1, -0.05) is 62.4 Å². The minimum atomic E-state index is -3.96. The molecule has 80 heavy (non-hydrogen) atoms. The van der Waals surface area contributed by atoms with E-state index in [1.807, 2.05) is 61.8 Å². The van der Waals surface area contributed by atoms with Crippen molar-refractivity contribution in [1.82, 2.24) is 24.2 Å². The Labute approximate surface area is 464 Å². The highest BCUT2D eigenvalue weighted by molar-refractivity contribution is 7.91. The fourth-order valence-corrected chi connectivity index (χ4v) is 12.2. The largest absolute Gasteiger partial charge is 0.508 e. The van der Waals surface area contributed by atoms with Crippen molar-refractivity contribution in [2.75, 3.05) is 96.5 Å². The van der Waals surface area contributed by atoms with Gasteiger partial charge in [0.15, 0.2) is 38.8 Å². The molecule has 2 aliphatic heterocycles. The van der Waals surface area contributed by atoms with Gasteiger partial charge in [-0.05, 0) is 41.8 Å². The topological polar surface area (TPSA) is 272 Å². The number of methoxy groups -OCH3 is 1. The van der Waals surface area contributed by atoms with Crippen molar-refractivity contribution in [1.29, 1.82) is 5.26 Å². The third-order valence-corrected chi connectivity index (χ3v) is 17.3. The van der Waals surface area contributed by atoms with E-state index in [9.17, 15) is 33.4 Å². The number of imidazole rings is 1. The number of fused-ring (bicyclic) bond motifs is 2. The van der Waals surface area contributed by atoms with Gasteiger partial charge in [-0.3, -0.25) is 19.6 Å². The van der Waals surface area contributed by atoms with Gasteiger partial charge in [0.05, 0.1) is 60.0 Å². The lowest BCUT2D eigenvalue weighted by Gasteiger charge is -2.40. The summed E-state index contributed by atoms with van der Waals surface area (Å²) in [6.07, 6.45) is -2.22. The van der Waals surface area contributed by atoms with Gasteiger partial charge in [-0.2, -0.15) is 5.26 Å². The molecule has 2 aromatic heterocycles. The highest BCUT2D eigenvalue weighted by Gasteiger charge is 2.54. The van der Waals surface area contributed by atoms with Crippen LogP contribution in [0.1, 0.15) is 49.6 Å². The quantitative estimate of drug-likeness (QED) is 0.0173. The van der Waals surface area contributed by atoms with Gasteiger partial charge >= 0.3 is 12.2 Å².